The van der Waals surface area contributed by atoms with Gasteiger partial charge in [-0.25, -0.2) is 9.78 Å². The molecule has 25 heavy (non-hydrogen) atoms. The van der Waals surface area contributed by atoms with Crippen molar-refractivity contribution in [1.82, 2.24) is 14.5 Å². The van der Waals surface area contributed by atoms with E-state index in [0.29, 0.717) is 19.6 Å². The number of imide groups is 1. The first-order valence-electron chi connectivity index (χ1n) is 8.45. The highest BCUT2D eigenvalue weighted by molar-refractivity contribution is 6.04. The number of urea groups is 1. The molecule has 1 aromatic carbocycles. The number of hydrogen-bond acceptors (Lipinski definition) is 4. The minimum absolute atomic E-state index is 0.215. The summed E-state index contributed by atoms with van der Waals surface area (Å²) < 4.78 is 2.08. The van der Waals surface area contributed by atoms with Crippen molar-refractivity contribution < 1.29 is 9.59 Å². The molecule has 0 bridgehead atoms. The fraction of sp³-hybridized carbons (Fsp3) is 0.389. The number of aryl methyl sites for hydroxylation is 1. The zero-order valence-corrected chi connectivity index (χ0v) is 14.8. The van der Waals surface area contributed by atoms with Crippen molar-refractivity contribution in [2.24, 2.45) is 0 Å². The number of carbonyl (C=O) groups excluding carboxylic acids is 2. The summed E-state index contributed by atoms with van der Waals surface area (Å²) in [5.41, 5.74) is 3.90. The second kappa shape index (κ2) is 6.96. The number of rotatable bonds is 5. The van der Waals surface area contributed by atoms with E-state index in [1.165, 1.54) is 11.8 Å². The number of nitrogens with one attached hydrogen (secondary N) is 1. The molecule has 2 aromatic rings. The molecule has 0 spiro atoms. The van der Waals surface area contributed by atoms with E-state index in [2.05, 4.69) is 21.8 Å². The molecule has 1 aliphatic heterocycles. The summed E-state index contributed by atoms with van der Waals surface area (Å²) in [6.07, 6.45) is 3.67. The van der Waals surface area contributed by atoms with Crippen LogP contribution >= 0.6 is 0 Å². The Morgan fingerprint density at radius 3 is 2.80 bits per heavy atom. The van der Waals surface area contributed by atoms with Crippen LogP contribution in [-0.2, 0) is 17.9 Å². The first kappa shape index (κ1) is 17.0. The third-order valence-electron chi connectivity index (χ3n) is 4.58. The molecule has 2 heterocycles. The van der Waals surface area contributed by atoms with E-state index in [1.54, 1.807) is 4.90 Å². The molecule has 3 rings (SSSR count). The van der Waals surface area contributed by atoms with Crippen LogP contribution in [0.5, 0.6) is 0 Å². The van der Waals surface area contributed by atoms with Gasteiger partial charge >= 0.3 is 6.03 Å². The molecule has 0 saturated carbocycles. The van der Waals surface area contributed by atoms with Crippen LogP contribution in [0.25, 0.3) is 0 Å². The molecule has 0 radical (unpaired) electrons. The zero-order valence-electron chi connectivity index (χ0n) is 14.8. The molecule has 3 amide bonds. The number of imidazole rings is 1. The lowest BCUT2D eigenvalue weighted by atomic mass is 10.1. The Bertz CT molecular complexity index is 799. The Morgan fingerprint density at radius 1 is 1.32 bits per heavy atom. The van der Waals surface area contributed by atoms with Gasteiger partial charge in [-0.15, -0.1) is 0 Å². The topological polar surface area (TPSA) is 70.5 Å². The highest BCUT2D eigenvalue weighted by Crippen LogP contribution is 2.29. The highest BCUT2D eigenvalue weighted by atomic mass is 16.2. The quantitative estimate of drug-likeness (QED) is 0.907. The molecule has 0 aliphatic carbocycles. The second-order valence-corrected chi connectivity index (χ2v) is 6.08. The molecule has 7 nitrogen and oxygen atoms in total. The van der Waals surface area contributed by atoms with Crippen LogP contribution in [-0.4, -0.2) is 39.5 Å². The lowest BCUT2D eigenvalue weighted by Crippen LogP contribution is -2.35. The molecular weight excluding hydrogens is 318 g/mol. The van der Waals surface area contributed by atoms with Crippen LogP contribution in [0.4, 0.5) is 16.2 Å². The summed E-state index contributed by atoms with van der Waals surface area (Å²) in [7, 11) is 0. The molecule has 7 heteroatoms. The van der Waals surface area contributed by atoms with E-state index in [-0.39, 0.29) is 11.9 Å². The summed E-state index contributed by atoms with van der Waals surface area (Å²) in [4.78, 5) is 31.1. The minimum Gasteiger partial charge on any atom is -0.379 e. The monoisotopic (exact) mass is 341 g/mol. The maximum atomic E-state index is 12.4. The third-order valence-corrected chi connectivity index (χ3v) is 4.58. The Morgan fingerprint density at radius 2 is 2.12 bits per heavy atom. The number of hydrogen-bond donors (Lipinski definition) is 1. The van der Waals surface area contributed by atoms with Crippen molar-refractivity contribution in [1.29, 1.82) is 0 Å². The molecule has 1 fully saturated rings. The summed E-state index contributed by atoms with van der Waals surface area (Å²) in [6, 6.07) is 5.58. The first-order chi connectivity index (χ1) is 12.0. The number of aromatic nitrogens is 2. The van der Waals surface area contributed by atoms with Gasteiger partial charge in [0.15, 0.2) is 0 Å². The molecule has 1 aromatic heterocycles. The van der Waals surface area contributed by atoms with Crippen molar-refractivity contribution in [3.05, 3.63) is 42.0 Å². The average molecular weight is 341 g/mol. The molecule has 0 unspecified atom stereocenters. The molecule has 0 atom stereocenters. The van der Waals surface area contributed by atoms with Crippen LogP contribution < -0.4 is 10.2 Å². The van der Waals surface area contributed by atoms with Crippen molar-refractivity contribution in [2.75, 3.05) is 23.3 Å². The van der Waals surface area contributed by atoms with Gasteiger partial charge < -0.3 is 9.88 Å². The lowest BCUT2D eigenvalue weighted by Gasteiger charge is -2.21. The molecule has 1 N–H and O–H groups in total. The summed E-state index contributed by atoms with van der Waals surface area (Å²) in [5, 5.41) is 3.42. The van der Waals surface area contributed by atoms with Crippen LogP contribution in [0.2, 0.25) is 0 Å². The molecule has 1 saturated heterocycles. The zero-order chi connectivity index (χ0) is 18.0. The number of carbonyl (C=O) groups is 2. The van der Waals surface area contributed by atoms with Crippen molar-refractivity contribution in [3.8, 4) is 0 Å². The van der Waals surface area contributed by atoms with Crippen molar-refractivity contribution in [2.45, 2.75) is 33.9 Å². The van der Waals surface area contributed by atoms with E-state index in [4.69, 9.17) is 0 Å². The maximum absolute atomic E-state index is 12.4. The van der Waals surface area contributed by atoms with Crippen LogP contribution in [0.1, 0.15) is 25.1 Å². The predicted molar refractivity (Wildman–Crippen MR) is 96.5 cm³/mol. The van der Waals surface area contributed by atoms with Gasteiger partial charge in [0.2, 0.25) is 5.91 Å². The fourth-order valence-corrected chi connectivity index (χ4v) is 3.13. The normalized spacial score (nSPS) is 14.3. The number of amides is 3. The van der Waals surface area contributed by atoms with Gasteiger partial charge in [0.25, 0.3) is 0 Å². The maximum Gasteiger partial charge on any atom is 0.331 e. The Labute approximate surface area is 147 Å². The number of nitrogens with zero attached hydrogens (tertiary/aromatic N) is 4. The predicted octanol–water partition coefficient (Wildman–Crippen LogP) is 2.61. The smallest absolute Gasteiger partial charge is 0.331 e. The first-order valence-corrected chi connectivity index (χ1v) is 8.45. The Hall–Kier alpha value is -2.83. The summed E-state index contributed by atoms with van der Waals surface area (Å²) in [5.74, 6) is -0.215. The van der Waals surface area contributed by atoms with E-state index >= 15 is 0 Å². The summed E-state index contributed by atoms with van der Waals surface area (Å²) in [6.45, 7) is 7.97. The van der Waals surface area contributed by atoms with Gasteiger partial charge in [-0.05, 0) is 31.5 Å². The number of anilines is 2. The third kappa shape index (κ3) is 3.22. The van der Waals surface area contributed by atoms with Crippen LogP contribution in [0, 0.1) is 6.92 Å². The Kier molecular flexibility index (Phi) is 4.74. The fourth-order valence-electron chi connectivity index (χ4n) is 3.13. The lowest BCUT2D eigenvalue weighted by molar-refractivity contribution is -0.125. The minimum atomic E-state index is -0.253. The highest BCUT2D eigenvalue weighted by Gasteiger charge is 2.33. The van der Waals surface area contributed by atoms with Crippen LogP contribution in [0.15, 0.2) is 30.7 Å². The van der Waals surface area contributed by atoms with Gasteiger partial charge in [0.05, 0.1) is 24.3 Å². The van der Waals surface area contributed by atoms with E-state index in [1.807, 2.05) is 37.6 Å². The van der Waals surface area contributed by atoms with E-state index in [0.717, 1.165) is 29.2 Å². The molecular formula is C18H23N5O2. The molecule has 132 valence electrons. The van der Waals surface area contributed by atoms with Crippen molar-refractivity contribution in [3.63, 3.8) is 0 Å². The van der Waals surface area contributed by atoms with Gasteiger partial charge in [-0.3, -0.25) is 14.6 Å². The van der Waals surface area contributed by atoms with E-state index < -0.39 is 0 Å². The Balaban J connectivity index is 1.79. The standard InChI is InChI=1S/C18H23N5O2/c1-4-21-12-19-10-15(21)11-20-16-6-5-7-17(13(16)2)23-9-8-22(14(3)24)18(23)25/h5-7,10,12,20H,4,8-9,11H2,1-3H3. The SMILES string of the molecule is CCn1cncc1CNc1cccc(N2CCN(C(C)=O)C2=O)c1C. The van der Waals surface area contributed by atoms with Crippen molar-refractivity contribution >= 4 is 23.3 Å². The van der Waals surface area contributed by atoms with Gasteiger partial charge in [-0.2, -0.15) is 0 Å². The van der Waals surface area contributed by atoms with Gasteiger partial charge in [-0.1, -0.05) is 6.07 Å². The van der Waals surface area contributed by atoms with Gasteiger partial charge in [0.1, 0.15) is 0 Å². The van der Waals surface area contributed by atoms with E-state index in [9.17, 15) is 9.59 Å². The number of benzene rings is 1. The van der Waals surface area contributed by atoms with Gasteiger partial charge in [0, 0.05) is 38.4 Å². The van der Waals surface area contributed by atoms with Crippen LogP contribution in [0.3, 0.4) is 0 Å². The summed E-state index contributed by atoms with van der Waals surface area (Å²) >= 11 is 0. The average Bonchev–Trinajstić information content (AvgIpc) is 3.20. The molecule has 1 aliphatic rings. The second-order valence-electron chi connectivity index (χ2n) is 6.08. The largest absolute Gasteiger partial charge is 0.379 e.